The minimum atomic E-state index is -0.339. The molecule has 3 heterocycles. The van der Waals surface area contributed by atoms with Crippen LogP contribution < -0.4 is 10.9 Å². The van der Waals surface area contributed by atoms with Gasteiger partial charge in [-0.05, 0) is 44.7 Å². The van der Waals surface area contributed by atoms with Crippen molar-refractivity contribution >= 4 is 11.7 Å². The standard InChI is InChI=1S/C16H17N7O2/c1-8-5-9(2)23-16(17-8)19-14(22-23)15(25)18-11-3-4-12-10(6-11)7-13(24)21-20-12/h5,7,11H,3-4,6H2,1-2H3,(H,18,25)(H,21,24). The van der Waals surface area contributed by atoms with Gasteiger partial charge in [0.05, 0.1) is 5.69 Å². The molecule has 1 aliphatic carbocycles. The van der Waals surface area contributed by atoms with E-state index in [1.54, 1.807) is 10.6 Å². The number of carbonyl (C=O) groups is 1. The van der Waals surface area contributed by atoms with E-state index in [2.05, 4.69) is 30.6 Å². The Hall–Kier alpha value is -3.10. The summed E-state index contributed by atoms with van der Waals surface area (Å²) in [6, 6.07) is 3.34. The summed E-state index contributed by atoms with van der Waals surface area (Å²) >= 11 is 0. The molecule has 0 fully saturated rings. The predicted molar refractivity (Wildman–Crippen MR) is 88.4 cm³/mol. The molecule has 1 aliphatic rings. The number of hydrogen-bond donors (Lipinski definition) is 2. The highest BCUT2D eigenvalue weighted by molar-refractivity contribution is 5.91. The van der Waals surface area contributed by atoms with E-state index in [9.17, 15) is 9.59 Å². The van der Waals surface area contributed by atoms with Crippen LogP contribution in [0.25, 0.3) is 5.78 Å². The van der Waals surface area contributed by atoms with Gasteiger partial charge in [-0.3, -0.25) is 9.59 Å². The number of fused-ring (bicyclic) bond motifs is 2. The van der Waals surface area contributed by atoms with Crippen molar-refractivity contribution in [1.29, 1.82) is 0 Å². The van der Waals surface area contributed by atoms with Gasteiger partial charge in [-0.1, -0.05) is 0 Å². The molecular formula is C16H17N7O2. The molecule has 0 saturated heterocycles. The van der Waals surface area contributed by atoms with Crippen LogP contribution in [-0.4, -0.2) is 41.7 Å². The number of aromatic nitrogens is 6. The lowest BCUT2D eigenvalue weighted by Crippen LogP contribution is -2.40. The predicted octanol–water partition coefficient (Wildman–Crippen LogP) is 0.112. The number of rotatable bonds is 2. The van der Waals surface area contributed by atoms with E-state index >= 15 is 0 Å². The Morgan fingerprint density at radius 2 is 2.16 bits per heavy atom. The van der Waals surface area contributed by atoms with Gasteiger partial charge in [-0.15, -0.1) is 5.10 Å². The van der Waals surface area contributed by atoms with Crippen molar-refractivity contribution in [2.45, 2.75) is 39.2 Å². The Morgan fingerprint density at radius 3 is 3.00 bits per heavy atom. The summed E-state index contributed by atoms with van der Waals surface area (Å²) < 4.78 is 1.56. The lowest BCUT2D eigenvalue weighted by Gasteiger charge is -2.23. The minimum Gasteiger partial charge on any atom is -0.346 e. The summed E-state index contributed by atoms with van der Waals surface area (Å²) in [5.74, 6) is 0.164. The molecule has 0 aromatic carbocycles. The number of nitrogens with one attached hydrogen (secondary N) is 2. The maximum absolute atomic E-state index is 12.5. The molecule has 4 rings (SSSR count). The first-order valence-corrected chi connectivity index (χ1v) is 8.09. The molecule has 25 heavy (non-hydrogen) atoms. The van der Waals surface area contributed by atoms with Crippen LogP contribution in [0.4, 0.5) is 0 Å². The van der Waals surface area contributed by atoms with E-state index in [1.807, 2.05) is 19.9 Å². The first kappa shape index (κ1) is 15.4. The molecule has 0 bridgehead atoms. The monoisotopic (exact) mass is 339 g/mol. The fraction of sp³-hybridized carbons (Fsp3) is 0.375. The molecule has 9 nitrogen and oxygen atoms in total. The highest BCUT2D eigenvalue weighted by atomic mass is 16.2. The summed E-state index contributed by atoms with van der Waals surface area (Å²) in [5.41, 5.74) is 3.21. The topological polar surface area (TPSA) is 118 Å². The van der Waals surface area contributed by atoms with Crippen molar-refractivity contribution in [3.05, 3.63) is 51.0 Å². The van der Waals surface area contributed by atoms with E-state index in [1.165, 1.54) is 0 Å². The van der Waals surface area contributed by atoms with Crippen molar-refractivity contribution in [2.75, 3.05) is 0 Å². The van der Waals surface area contributed by atoms with Gasteiger partial charge in [0.25, 0.3) is 17.2 Å². The summed E-state index contributed by atoms with van der Waals surface area (Å²) in [7, 11) is 0. The van der Waals surface area contributed by atoms with E-state index in [-0.39, 0.29) is 23.3 Å². The molecule has 1 unspecified atom stereocenters. The van der Waals surface area contributed by atoms with E-state index in [0.717, 1.165) is 29.1 Å². The minimum absolute atomic E-state index is 0.0778. The molecular weight excluding hydrogens is 322 g/mol. The Morgan fingerprint density at radius 1 is 1.32 bits per heavy atom. The lowest BCUT2D eigenvalue weighted by molar-refractivity contribution is 0.0923. The first-order valence-electron chi connectivity index (χ1n) is 8.09. The Kier molecular flexibility index (Phi) is 3.56. The number of carbonyl (C=O) groups excluding carboxylic acids is 1. The van der Waals surface area contributed by atoms with Crippen molar-refractivity contribution in [1.82, 2.24) is 35.1 Å². The van der Waals surface area contributed by atoms with Gasteiger partial charge >= 0.3 is 0 Å². The number of amides is 1. The normalized spacial score (nSPS) is 16.6. The SMILES string of the molecule is Cc1cc(C)n2nc(C(=O)NC3CCc4n[nH]c(=O)cc4C3)nc2n1. The van der Waals surface area contributed by atoms with Crippen LogP contribution in [-0.2, 0) is 12.8 Å². The quantitative estimate of drug-likeness (QED) is 0.684. The van der Waals surface area contributed by atoms with Gasteiger partial charge in [0, 0.05) is 23.5 Å². The molecule has 0 spiro atoms. The molecule has 3 aromatic rings. The summed E-state index contributed by atoms with van der Waals surface area (Å²) in [4.78, 5) is 32.4. The number of H-pyrrole nitrogens is 1. The zero-order valence-electron chi connectivity index (χ0n) is 13.9. The molecule has 0 aliphatic heterocycles. The van der Waals surface area contributed by atoms with Crippen molar-refractivity contribution < 1.29 is 4.79 Å². The van der Waals surface area contributed by atoms with Crippen LogP contribution >= 0.6 is 0 Å². The molecule has 128 valence electrons. The number of aryl methyl sites for hydroxylation is 3. The van der Waals surface area contributed by atoms with Crippen LogP contribution in [0, 0.1) is 13.8 Å². The van der Waals surface area contributed by atoms with Crippen LogP contribution in [0.2, 0.25) is 0 Å². The van der Waals surface area contributed by atoms with Gasteiger partial charge in [0.15, 0.2) is 0 Å². The fourth-order valence-corrected chi connectivity index (χ4v) is 3.18. The van der Waals surface area contributed by atoms with Gasteiger partial charge in [-0.25, -0.2) is 14.6 Å². The molecule has 9 heteroatoms. The van der Waals surface area contributed by atoms with E-state index < -0.39 is 0 Å². The molecule has 3 aromatic heterocycles. The second-order valence-electron chi connectivity index (χ2n) is 6.30. The third-order valence-corrected chi connectivity index (χ3v) is 4.33. The van der Waals surface area contributed by atoms with Crippen molar-refractivity contribution in [3.8, 4) is 0 Å². The Bertz CT molecular complexity index is 1040. The Balaban J connectivity index is 1.55. The number of aromatic amines is 1. The van der Waals surface area contributed by atoms with Crippen LogP contribution in [0.15, 0.2) is 16.9 Å². The zero-order valence-corrected chi connectivity index (χ0v) is 13.9. The molecule has 0 radical (unpaired) electrons. The molecule has 0 saturated carbocycles. The second-order valence-corrected chi connectivity index (χ2v) is 6.30. The maximum atomic E-state index is 12.5. The third kappa shape index (κ3) is 2.88. The average Bonchev–Trinajstić information content (AvgIpc) is 2.99. The first-order chi connectivity index (χ1) is 12.0. The van der Waals surface area contributed by atoms with Gasteiger partial charge < -0.3 is 5.32 Å². The average molecular weight is 339 g/mol. The maximum Gasteiger partial charge on any atom is 0.291 e. The van der Waals surface area contributed by atoms with Crippen LogP contribution in [0.5, 0.6) is 0 Å². The van der Waals surface area contributed by atoms with Crippen LogP contribution in [0.1, 0.15) is 39.7 Å². The van der Waals surface area contributed by atoms with E-state index in [4.69, 9.17) is 0 Å². The zero-order chi connectivity index (χ0) is 17.6. The highest BCUT2D eigenvalue weighted by Gasteiger charge is 2.24. The molecule has 2 N–H and O–H groups in total. The van der Waals surface area contributed by atoms with Gasteiger partial charge in [-0.2, -0.15) is 10.1 Å². The second kappa shape index (κ2) is 5.76. The van der Waals surface area contributed by atoms with Crippen molar-refractivity contribution in [2.24, 2.45) is 0 Å². The van der Waals surface area contributed by atoms with Gasteiger partial charge in [0.2, 0.25) is 5.82 Å². The van der Waals surface area contributed by atoms with E-state index in [0.29, 0.717) is 18.6 Å². The third-order valence-electron chi connectivity index (χ3n) is 4.33. The lowest BCUT2D eigenvalue weighted by atomic mass is 9.92. The summed E-state index contributed by atoms with van der Waals surface area (Å²) in [6.45, 7) is 3.76. The fourth-order valence-electron chi connectivity index (χ4n) is 3.18. The number of hydrogen-bond acceptors (Lipinski definition) is 6. The number of nitrogens with zero attached hydrogens (tertiary/aromatic N) is 5. The van der Waals surface area contributed by atoms with Crippen LogP contribution in [0.3, 0.4) is 0 Å². The summed E-state index contributed by atoms with van der Waals surface area (Å²) in [6.07, 6.45) is 2.03. The van der Waals surface area contributed by atoms with Crippen molar-refractivity contribution in [3.63, 3.8) is 0 Å². The Labute approximate surface area is 142 Å². The molecule has 1 atom stereocenters. The largest absolute Gasteiger partial charge is 0.346 e. The van der Waals surface area contributed by atoms with Gasteiger partial charge in [0.1, 0.15) is 0 Å². The highest BCUT2D eigenvalue weighted by Crippen LogP contribution is 2.18. The molecule has 1 amide bonds. The summed E-state index contributed by atoms with van der Waals surface area (Å²) in [5, 5.41) is 13.7. The smallest absolute Gasteiger partial charge is 0.291 e.